The summed E-state index contributed by atoms with van der Waals surface area (Å²) in [5.74, 6) is 0.634. The molecular weight excluding hydrogens is 212 g/mol. The van der Waals surface area contributed by atoms with E-state index in [4.69, 9.17) is 0 Å². The maximum Gasteiger partial charge on any atom is 0.253 e. The monoisotopic (exact) mass is 232 g/mol. The van der Waals surface area contributed by atoms with E-state index in [2.05, 4.69) is 17.6 Å². The predicted molar refractivity (Wildman–Crippen MR) is 70.3 cm³/mol. The second kappa shape index (κ2) is 5.21. The Morgan fingerprint density at radius 3 is 2.71 bits per heavy atom. The van der Waals surface area contributed by atoms with Crippen molar-refractivity contribution < 1.29 is 4.79 Å². The van der Waals surface area contributed by atoms with E-state index in [9.17, 15) is 4.79 Å². The average molecular weight is 232 g/mol. The number of hydrogen-bond donors (Lipinski definition) is 2. The third-order valence-corrected chi connectivity index (χ3v) is 3.62. The Kier molecular flexibility index (Phi) is 3.67. The van der Waals surface area contributed by atoms with Crippen LogP contribution in [0.5, 0.6) is 0 Å². The fourth-order valence-electron chi connectivity index (χ4n) is 2.51. The van der Waals surface area contributed by atoms with Crippen molar-refractivity contribution in [2.45, 2.75) is 32.2 Å². The standard InChI is InChI=1S/C14H20N2O/c1-10-6-5-9-12(10)16-14(17)11-7-3-4-8-13(11)15-2/h3-4,7-8,10,12,15H,5-6,9H2,1-2H3,(H,16,17). The number of carbonyl (C=O) groups is 1. The summed E-state index contributed by atoms with van der Waals surface area (Å²) in [5, 5.41) is 6.19. The van der Waals surface area contributed by atoms with Crippen LogP contribution in [-0.4, -0.2) is 19.0 Å². The molecule has 0 radical (unpaired) electrons. The maximum atomic E-state index is 12.2. The van der Waals surface area contributed by atoms with Crippen molar-refractivity contribution in [3.05, 3.63) is 29.8 Å². The molecule has 1 aliphatic rings. The lowest BCUT2D eigenvalue weighted by atomic mass is 10.1. The Morgan fingerprint density at radius 1 is 1.29 bits per heavy atom. The van der Waals surface area contributed by atoms with E-state index in [-0.39, 0.29) is 5.91 Å². The molecule has 2 rings (SSSR count). The molecule has 1 aromatic rings. The number of carbonyl (C=O) groups excluding carboxylic acids is 1. The van der Waals surface area contributed by atoms with Gasteiger partial charge in [-0.1, -0.05) is 25.5 Å². The number of nitrogens with one attached hydrogen (secondary N) is 2. The highest BCUT2D eigenvalue weighted by atomic mass is 16.1. The van der Waals surface area contributed by atoms with Gasteiger partial charge >= 0.3 is 0 Å². The molecule has 0 heterocycles. The van der Waals surface area contributed by atoms with E-state index < -0.39 is 0 Å². The van der Waals surface area contributed by atoms with Crippen molar-refractivity contribution in [2.24, 2.45) is 5.92 Å². The summed E-state index contributed by atoms with van der Waals surface area (Å²) in [6.45, 7) is 2.21. The van der Waals surface area contributed by atoms with Gasteiger partial charge in [-0.15, -0.1) is 0 Å². The van der Waals surface area contributed by atoms with Gasteiger partial charge in [-0.05, 0) is 30.9 Å². The van der Waals surface area contributed by atoms with Crippen molar-refractivity contribution in [1.29, 1.82) is 0 Å². The normalized spacial score (nSPS) is 23.4. The molecule has 1 saturated carbocycles. The van der Waals surface area contributed by atoms with Gasteiger partial charge in [0.05, 0.1) is 5.56 Å². The summed E-state index contributed by atoms with van der Waals surface area (Å²) in [6, 6.07) is 7.95. The van der Waals surface area contributed by atoms with Crippen LogP contribution in [-0.2, 0) is 0 Å². The van der Waals surface area contributed by atoms with Gasteiger partial charge in [0.2, 0.25) is 0 Å². The lowest BCUT2D eigenvalue weighted by Crippen LogP contribution is -2.36. The van der Waals surface area contributed by atoms with Crippen LogP contribution in [0.2, 0.25) is 0 Å². The highest BCUT2D eigenvalue weighted by molar-refractivity contribution is 5.99. The first kappa shape index (κ1) is 12.0. The Morgan fingerprint density at radius 2 is 2.06 bits per heavy atom. The van der Waals surface area contributed by atoms with Gasteiger partial charge in [0.1, 0.15) is 0 Å². The molecule has 2 N–H and O–H groups in total. The zero-order chi connectivity index (χ0) is 12.3. The van der Waals surface area contributed by atoms with Crippen LogP contribution in [0, 0.1) is 5.92 Å². The van der Waals surface area contributed by atoms with Gasteiger partial charge in [0.25, 0.3) is 5.91 Å². The van der Waals surface area contributed by atoms with Crippen molar-refractivity contribution in [1.82, 2.24) is 5.32 Å². The zero-order valence-corrected chi connectivity index (χ0v) is 10.5. The number of para-hydroxylation sites is 1. The number of hydrogen-bond acceptors (Lipinski definition) is 2. The van der Waals surface area contributed by atoms with E-state index in [1.54, 1.807) is 0 Å². The minimum absolute atomic E-state index is 0.0358. The van der Waals surface area contributed by atoms with Crippen LogP contribution >= 0.6 is 0 Å². The van der Waals surface area contributed by atoms with E-state index in [1.165, 1.54) is 12.8 Å². The van der Waals surface area contributed by atoms with Gasteiger partial charge in [0, 0.05) is 18.8 Å². The number of benzene rings is 1. The highest BCUT2D eigenvalue weighted by Crippen LogP contribution is 2.25. The molecule has 2 unspecified atom stereocenters. The average Bonchev–Trinajstić information content (AvgIpc) is 2.75. The molecule has 0 aliphatic heterocycles. The van der Waals surface area contributed by atoms with E-state index in [0.29, 0.717) is 12.0 Å². The molecule has 2 atom stereocenters. The van der Waals surface area contributed by atoms with E-state index >= 15 is 0 Å². The van der Waals surface area contributed by atoms with Crippen LogP contribution in [0.15, 0.2) is 24.3 Å². The smallest absolute Gasteiger partial charge is 0.253 e. The maximum absolute atomic E-state index is 12.2. The molecule has 0 bridgehead atoms. The Bertz CT molecular complexity index is 403. The van der Waals surface area contributed by atoms with Crippen LogP contribution in [0.3, 0.4) is 0 Å². The quantitative estimate of drug-likeness (QED) is 0.841. The molecule has 1 fully saturated rings. The van der Waals surface area contributed by atoms with Crippen LogP contribution in [0.4, 0.5) is 5.69 Å². The van der Waals surface area contributed by atoms with Crippen molar-refractivity contribution >= 4 is 11.6 Å². The lowest BCUT2D eigenvalue weighted by Gasteiger charge is -2.18. The number of amides is 1. The zero-order valence-electron chi connectivity index (χ0n) is 10.5. The van der Waals surface area contributed by atoms with Crippen molar-refractivity contribution in [3.8, 4) is 0 Å². The minimum atomic E-state index is 0.0358. The Labute approximate surface area is 103 Å². The van der Waals surface area contributed by atoms with Crippen molar-refractivity contribution in [2.75, 3.05) is 12.4 Å². The van der Waals surface area contributed by atoms with Crippen LogP contribution < -0.4 is 10.6 Å². The van der Waals surface area contributed by atoms with E-state index in [1.807, 2.05) is 31.3 Å². The SMILES string of the molecule is CNc1ccccc1C(=O)NC1CCCC1C. The summed E-state index contributed by atoms with van der Waals surface area (Å²) in [4.78, 5) is 12.2. The van der Waals surface area contributed by atoms with Gasteiger partial charge in [-0.25, -0.2) is 0 Å². The predicted octanol–water partition coefficient (Wildman–Crippen LogP) is 2.65. The third-order valence-electron chi connectivity index (χ3n) is 3.62. The summed E-state index contributed by atoms with van der Waals surface area (Å²) >= 11 is 0. The number of anilines is 1. The van der Waals surface area contributed by atoms with Crippen LogP contribution in [0.1, 0.15) is 36.5 Å². The van der Waals surface area contributed by atoms with E-state index in [0.717, 1.165) is 17.7 Å². The largest absolute Gasteiger partial charge is 0.387 e. The number of rotatable bonds is 3. The lowest BCUT2D eigenvalue weighted by molar-refractivity contribution is 0.0930. The molecule has 3 heteroatoms. The summed E-state index contributed by atoms with van der Waals surface area (Å²) in [5.41, 5.74) is 1.62. The second-order valence-corrected chi connectivity index (χ2v) is 4.78. The first-order valence-electron chi connectivity index (χ1n) is 6.30. The molecule has 0 spiro atoms. The molecule has 1 amide bonds. The first-order valence-corrected chi connectivity index (χ1v) is 6.30. The Balaban J connectivity index is 2.09. The Hall–Kier alpha value is -1.51. The van der Waals surface area contributed by atoms with Gasteiger partial charge in [-0.2, -0.15) is 0 Å². The second-order valence-electron chi connectivity index (χ2n) is 4.78. The molecule has 1 aliphatic carbocycles. The van der Waals surface area contributed by atoms with Crippen molar-refractivity contribution in [3.63, 3.8) is 0 Å². The van der Waals surface area contributed by atoms with Gasteiger partial charge < -0.3 is 10.6 Å². The summed E-state index contributed by atoms with van der Waals surface area (Å²) < 4.78 is 0. The molecule has 3 nitrogen and oxygen atoms in total. The van der Waals surface area contributed by atoms with Crippen LogP contribution in [0.25, 0.3) is 0 Å². The van der Waals surface area contributed by atoms with Gasteiger partial charge in [0.15, 0.2) is 0 Å². The molecule has 1 aromatic carbocycles. The topological polar surface area (TPSA) is 41.1 Å². The summed E-state index contributed by atoms with van der Waals surface area (Å²) in [7, 11) is 1.84. The third kappa shape index (κ3) is 2.60. The molecule has 0 aromatic heterocycles. The molecule has 17 heavy (non-hydrogen) atoms. The fourth-order valence-corrected chi connectivity index (χ4v) is 2.51. The minimum Gasteiger partial charge on any atom is -0.387 e. The molecular formula is C14H20N2O. The van der Waals surface area contributed by atoms with Gasteiger partial charge in [-0.3, -0.25) is 4.79 Å². The summed E-state index contributed by atoms with van der Waals surface area (Å²) in [6.07, 6.45) is 3.55. The molecule has 0 saturated heterocycles. The fraction of sp³-hybridized carbons (Fsp3) is 0.500. The highest BCUT2D eigenvalue weighted by Gasteiger charge is 2.25. The first-order chi connectivity index (χ1) is 8.22. The molecule has 92 valence electrons.